The molecule has 0 aliphatic carbocycles. The largest absolute Gasteiger partial charge is 0.477 e. The number of thiazole rings is 1. The highest BCUT2D eigenvalue weighted by Gasteiger charge is 2.54. The number of rotatable bonds is 11. The van der Waals surface area contributed by atoms with E-state index in [-0.39, 0.29) is 16.4 Å². The lowest BCUT2D eigenvalue weighted by molar-refractivity contribution is -0.150. The number of hydrogen-bond acceptors (Lipinski definition) is 9. The molecule has 3 heterocycles. The number of hydrogen-bond donors (Lipinski definition) is 3. The summed E-state index contributed by atoms with van der Waals surface area (Å²) < 4.78 is 0.491. The van der Waals surface area contributed by atoms with Crippen LogP contribution in [0.3, 0.4) is 0 Å². The minimum Gasteiger partial charge on any atom is -0.477 e. The van der Waals surface area contributed by atoms with Gasteiger partial charge in [-0.05, 0) is 22.3 Å². The topological polar surface area (TPSA) is 133 Å². The van der Waals surface area contributed by atoms with Gasteiger partial charge in [0.05, 0.1) is 0 Å². The summed E-state index contributed by atoms with van der Waals surface area (Å²) in [7, 11) is 1.33. The number of nitrogens with zero attached hydrogens (tertiary/aromatic N) is 3. The molecule has 3 N–H and O–H groups in total. The van der Waals surface area contributed by atoms with Crippen molar-refractivity contribution in [1.29, 1.82) is 0 Å². The van der Waals surface area contributed by atoms with Crippen LogP contribution in [0, 0.1) is 0 Å². The number of aromatic nitrogens is 1. The van der Waals surface area contributed by atoms with E-state index in [0.717, 1.165) is 16.7 Å². The summed E-state index contributed by atoms with van der Waals surface area (Å²) in [5.74, 6) is -1.33. The van der Waals surface area contributed by atoms with Crippen LogP contribution in [-0.4, -0.2) is 67.2 Å². The monoisotopic (exact) mass is 765 g/mol. The minimum absolute atomic E-state index is 0.00574. The van der Waals surface area contributed by atoms with Crippen molar-refractivity contribution in [2.45, 2.75) is 17.0 Å². The molecule has 2 atom stereocenters. The zero-order valence-corrected chi connectivity index (χ0v) is 28.2. The number of β-lactam (4-membered cyclic amide) rings is 1. The van der Waals surface area contributed by atoms with E-state index in [2.05, 4.69) is 74.8 Å². The van der Waals surface area contributed by atoms with Crippen LogP contribution in [0.1, 0.15) is 21.7 Å². The second-order valence-corrected chi connectivity index (χ2v) is 13.1. The van der Waals surface area contributed by atoms with Gasteiger partial charge in [0.1, 0.15) is 35.6 Å². The summed E-state index contributed by atoms with van der Waals surface area (Å²) in [6.07, 6.45) is 0. The molecule has 0 spiro atoms. The van der Waals surface area contributed by atoms with E-state index in [4.69, 9.17) is 9.82 Å². The van der Waals surface area contributed by atoms with Crippen molar-refractivity contribution >= 4 is 75.0 Å². The summed E-state index contributed by atoms with van der Waals surface area (Å²) >= 11 is 4.71. The summed E-state index contributed by atoms with van der Waals surface area (Å²) in [4.78, 5) is 49.7. The zero-order valence-electron chi connectivity index (χ0n) is 24.4. The number of carboxylic acid groups (broad SMARTS) is 1. The standard InChI is InChI=1S/C33H28IN5O5S2/c1-44-38-25(28(40)36-26-30(41)39-27(32(42)43)20(17-34)18-46-31(26)39)29-35-24(19-45-29)37-33(21-11-5-2-6-12-21,22-13-7-3-8-14-22)23-15-9-4-10-16-23/h2-16,19,26,31,37H,17-18H2,1H3,(H,36,40)(H,42,43)/t26-,31-/m1/s1. The molecule has 2 aliphatic heterocycles. The maximum atomic E-state index is 13.6. The summed E-state index contributed by atoms with van der Waals surface area (Å²) in [5.41, 5.74) is 2.71. The quantitative estimate of drug-likeness (QED) is 0.0482. The molecular formula is C33H28IN5O5S2. The number of halogens is 1. The van der Waals surface area contributed by atoms with Gasteiger partial charge in [0.2, 0.25) is 5.71 Å². The number of carbonyl (C=O) groups excluding carboxylic acids is 2. The third-order valence-electron chi connectivity index (χ3n) is 7.74. The fourth-order valence-corrected chi connectivity index (χ4v) is 8.75. The van der Waals surface area contributed by atoms with E-state index in [1.54, 1.807) is 5.38 Å². The van der Waals surface area contributed by atoms with Crippen LogP contribution in [-0.2, 0) is 24.8 Å². The average Bonchev–Trinajstić information content (AvgIpc) is 3.56. The van der Waals surface area contributed by atoms with Crippen molar-refractivity contribution in [3.63, 3.8) is 0 Å². The van der Waals surface area contributed by atoms with Crippen molar-refractivity contribution in [1.82, 2.24) is 15.2 Å². The molecule has 2 amide bonds. The Balaban J connectivity index is 1.30. The van der Waals surface area contributed by atoms with Crippen molar-refractivity contribution in [2.75, 3.05) is 22.6 Å². The average molecular weight is 766 g/mol. The number of thioether (sulfide) groups is 1. The predicted octanol–water partition coefficient (Wildman–Crippen LogP) is 5.07. The molecule has 1 aromatic heterocycles. The predicted molar refractivity (Wildman–Crippen MR) is 187 cm³/mol. The first-order valence-corrected chi connectivity index (χ1v) is 17.6. The van der Waals surface area contributed by atoms with Gasteiger partial charge in [0.25, 0.3) is 11.8 Å². The van der Waals surface area contributed by atoms with Gasteiger partial charge in [-0.15, -0.1) is 23.1 Å². The molecule has 3 aromatic carbocycles. The number of nitrogens with one attached hydrogen (secondary N) is 2. The van der Waals surface area contributed by atoms with Crippen molar-refractivity contribution in [3.8, 4) is 0 Å². The Kier molecular flexibility index (Phi) is 9.42. The Bertz CT molecular complexity index is 1720. The summed E-state index contributed by atoms with van der Waals surface area (Å²) in [5, 5.41) is 21.7. The Morgan fingerprint density at radius 2 is 1.59 bits per heavy atom. The Morgan fingerprint density at radius 3 is 2.09 bits per heavy atom. The Hall–Kier alpha value is -4.21. The normalized spacial score (nSPS) is 18.0. The number of amides is 2. The number of aliphatic carboxylic acids is 1. The lowest BCUT2D eigenvalue weighted by Gasteiger charge is -2.49. The lowest BCUT2D eigenvalue weighted by Crippen LogP contribution is -2.71. The number of anilines is 1. The summed E-state index contributed by atoms with van der Waals surface area (Å²) in [6, 6.07) is 29.3. The van der Waals surface area contributed by atoms with E-state index in [0.29, 0.717) is 21.6 Å². The first-order valence-electron chi connectivity index (χ1n) is 14.2. The molecule has 2 aliphatic rings. The summed E-state index contributed by atoms with van der Waals surface area (Å²) in [6.45, 7) is 0. The molecule has 4 aromatic rings. The van der Waals surface area contributed by atoms with E-state index < -0.39 is 34.7 Å². The van der Waals surface area contributed by atoms with Crippen molar-refractivity contribution in [2.24, 2.45) is 5.16 Å². The van der Waals surface area contributed by atoms with Gasteiger partial charge in [-0.2, -0.15) is 0 Å². The van der Waals surface area contributed by atoms with E-state index in [1.165, 1.54) is 35.1 Å². The van der Waals surface area contributed by atoms with Crippen LogP contribution in [0.2, 0.25) is 0 Å². The molecule has 0 saturated carbocycles. The first kappa shape index (κ1) is 31.8. The molecule has 0 radical (unpaired) electrons. The molecule has 10 nitrogen and oxygen atoms in total. The van der Waals surface area contributed by atoms with Crippen LogP contribution in [0.5, 0.6) is 0 Å². The molecule has 13 heteroatoms. The molecule has 1 saturated heterocycles. The van der Waals surface area contributed by atoms with Crippen LogP contribution >= 0.6 is 45.7 Å². The number of oxime groups is 1. The van der Waals surface area contributed by atoms with Gasteiger partial charge in [0.15, 0.2) is 5.01 Å². The van der Waals surface area contributed by atoms with Crippen molar-refractivity contribution in [3.05, 3.63) is 129 Å². The van der Waals surface area contributed by atoms with Gasteiger partial charge in [-0.25, -0.2) is 9.78 Å². The fraction of sp³-hybridized carbons (Fsp3) is 0.182. The number of benzene rings is 3. The van der Waals surface area contributed by atoms with Crippen LogP contribution in [0.25, 0.3) is 0 Å². The first-order chi connectivity index (χ1) is 22.4. The smallest absolute Gasteiger partial charge is 0.352 e. The van der Waals surface area contributed by atoms with Gasteiger partial charge in [-0.1, -0.05) is 119 Å². The molecule has 0 unspecified atom stereocenters. The third-order valence-corrected chi connectivity index (χ3v) is 10.8. The van der Waals surface area contributed by atoms with Crippen LogP contribution in [0.15, 0.2) is 113 Å². The third kappa shape index (κ3) is 5.78. The van der Waals surface area contributed by atoms with Gasteiger partial charge < -0.3 is 20.6 Å². The number of carboxylic acids is 1. The highest BCUT2D eigenvalue weighted by atomic mass is 127. The second kappa shape index (κ2) is 13.6. The Morgan fingerprint density at radius 1 is 1.02 bits per heavy atom. The molecular weight excluding hydrogens is 737 g/mol. The minimum atomic E-state index is -1.16. The molecule has 6 rings (SSSR count). The van der Waals surface area contributed by atoms with Gasteiger partial charge >= 0.3 is 5.97 Å². The van der Waals surface area contributed by atoms with Crippen LogP contribution in [0.4, 0.5) is 5.82 Å². The molecule has 46 heavy (non-hydrogen) atoms. The number of alkyl halides is 1. The second-order valence-electron chi connectivity index (χ2n) is 10.4. The lowest BCUT2D eigenvalue weighted by atomic mass is 9.77. The van der Waals surface area contributed by atoms with Gasteiger partial charge in [0, 0.05) is 15.6 Å². The van der Waals surface area contributed by atoms with Crippen LogP contribution < -0.4 is 10.6 Å². The van der Waals surface area contributed by atoms with E-state index in [1.807, 2.05) is 54.6 Å². The molecule has 234 valence electrons. The SMILES string of the molecule is CON=C(C(=O)N[C@@H]1C(=O)N2C(C(=O)O)=C(CI)CS[C@H]12)c1nc(NC(c2ccccc2)(c2ccccc2)c2ccccc2)cs1. The maximum Gasteiger partial charge on any atom is 0.352 e. The van der Waals surface area contributed by atoms with E-state index >= 15 is 0 Å². The zero-order chi connectivity index (χ0) is 32.3. The van der Waals surface area contributed by atoms with E-state index in [9.17, 15) is 19.5 Å². The Labute approximate surface area is 287 Å². The maximum absolute atomic E-state index is 13.6. The highest BCUT2D eigenvalue weighted by Crippen LogP contribution is 2.42. The van der Waals surface area contributed by atoms with Crippen molar-refractivity contribution < 1.29 is 24.3 Å². The molecule has 1 fully saturated rings. The number of carbonyl (C=O) groups is 3. The molecule has 0 bridgehead atoms. The fourth-order valence-electron chi connectivity index (χ4n) is 5.68. The van der Waals surface area contributed by atoms with Gasteiger partial charge in [-0.3, -0.25) is 14.5 Å². The highest BCUT2D eigenvalue weighted by molar-refractivity contribution is 14.1. The number of fused-ring (bicyclic) bond motifs is 1.